The molecular weight excluding hydrogens is 288 g/mol. The fourth-order valence-corrected chi connectivity index (χ4v) is 2.56. The van der Waals surface area contributed by atoms with Crippen molar-refractivity contribution in [2.75, 3.05) is 7.11 Å². The second-order valence-electron chi connectivity index (χ2n) is 4.33. The largest absolute Gasteiger partial charge is 0.497 e. The number of rotatable bonds is 5. The monoisotopic (exact) mass is 304 g/mol. The maximum absolute atomic E-state index is 12.0. The maximum Gasteiger partial charge on any atom is 0.276 e. The molecule has 6 heteroatoms. The summed E-state index contributed by atoms with van der Waals surface area (Å²) in [5.74, 6) is 0.733. The first-order valence-electron chi connectivity index (χ1n) is 6.28. The van der Waals surface area contributed by atoms with E-state index < -0.39 is 10.0 Å². The average molecular weight is 304 g/mol. The van der Waals surface area contributed by atoms with Crippen LogP contribution >= 0.6 is 0 Å². The Morgan fingerprint density at radius 1 is 1.05 bits per heavy atom. The van der Waals surface area contributed by atoms with Crippen LogP contribution < -0.4 is 9.57 Å². The summed E-state index contributed by atoms with van der Waals surface area (Å²) < 4.78 is 29.1. The molecule has 0 amide bonds. The van der Waals surface area contributed by atoms with Gasteiger partial charge in [-0.15, -0.1) is 0 Å². The fraction of sp³-hybridized carbons (Fsp3) is 0.133. The van der Waals surface area contributed by atoms with E-state index in [1.54, 1.807) is 44.4 Å². The van der Waals surface area contributed by atoms with Crippen LogP contribution in [-0.4, -0.2) is 21.2 Å². The third-order valence-corrected chi connectivity index (χ3v) is 4.12. The van der Waals surface area contributed by atoms with E-state index in [4.69, 9.17) is 4.74 Å². The van der Waals surface area contributed by atoms with E-state index in [1.807, 2.05) is 12.1 Å². The summed E-state index contributed by atoms with van der Waals surface area (Å²) in [5.41, 5.74) is 1.38. The van der Waals surface area contributed by atoms with Gasteiger partial charge in [0.15, 0.2) is 0 Å². The van der Waals surface area contributed by atoms with Crippen molar-refractivity contribution in [3.8, 4) is 5.75 Å². The van der Waals surface area contributed by atoms with Crippen molar-refractivity contribution in [2.45, 2.75) is 11.8 Å². The van der Waals surface area contributed by atoms with Gasteiger partial charge in [-0.25, -0.2) is 0 Å². The van der Waals surface area contributed by atoms with Gasteiger partial charge in [0.1, 0.15) is 5.75 Å². The molecule has 0 saturated carbocycles. The molecule has 0 heterocycles. The van der Waals surface area contributed by atoms with Crippen LogP contribution in [0.25, 0.3) is 0 Å². The molecule has 0 aliphatic carbocycles. The molecule has 0 aliphatic heterocycles. The van der Waals surface area contributed by atoms with E-state index in [-0.39, 0.29) is 4.90 Å². The van der Waals surface area contributed by atoms with E-state index in [0.29, 0.717) is 5.71 Å². The zero-order chi connectivity index (χ0) is 15.3. The fourth-order valence-electron chi connectivity index (χ4n) is 1.68. The molecule has 5 nitrogen and oxygen atoms in total. The Morgan fingerprint density at radius 2 is 1.67 bits per heavy atom. The average Bonchev–Trinajstić information content (AvgIpc) is 2.53. The molecule has 0 unspecified atom stereocenters. The minimum absolute atomic E-state index is 0.177. The van der Waals surface area contributed by atoms with Gasteiger partial charge in [0.25, 0.3) is 10.0 Å². The lowest BCUT2D eigenvalue weighted by molar-refractivity contribution is 0.415. The molecule has 2 aromatic carbocycles. The lowest BCUT2D eigenvalue weighted by Gasteiger charge is -2.06. The zero-order valence-corrected chi connectivity index (χ0v) is 12.6. The highest BCUT2D eigenvalue weighted by molar-refractivity contribution is 7.89. The maximum atomic E-state index is 12.0. The second-order valence-corrected chi connectivity index (χ2v) is 5.99. The van der Waals surface area contributed by atoms with E-state index in [2.05, 4.69) is 9.93 Å². The number of hydrogen-bond donors (Lipinski definition) is 1. The molecule has 0 aliphatic rings. The Hall–Kier alpha value is -2.34. The highest BCUT2D eigenvalue weighted by Gasteiger charge is 2.11. The molecule has 0 aromatic heterocycles. The van der Waals surface area contributed by atoms with Gasteiger partial charge >= 0.3 is 0 Å². The standard InChI is InChI=1S/C15H16N2O3S/c1-12(13-8-10-14(20-2)11-9-13)16-17-21(18,19)15-6-4-3-5-7-15/h3-11,17H,1-2H3/b16-12-. The van der Waals surface area contributed by atoms with Gasteiger partial charge < -0.3 is 4.74 Å². The summed E-state index contributed by atoms with van der Waals surface area (Å²) in [5, 5.41) is 3.94. The van der Waals surface area contributed by atoms with Gasteiger partial charge in [-0.3, -0.25) is 0 Å². The topological polar surface area (TPSA) is 67.8 Å². The summed E-state index contributed by atoms with van der Waals surface area (Å²) >= 11 is 0. The normalized spacial score (nSPS) is 12.0. The quantitative estimate of drug-likeness (QED) is 0.681. The molecule has 2 rings (SSSR count). The Balaban J connectivity index is 2.16. The molecule has 0 bridgehead atoms. The zero-order valence-electron chi connectivity index (χ0n) is 11.8. The van der Waals surface area contributed by atoms with Crippen molar-refractivity contribution in [1.29, 1.82) is 0 Å². The highest BCUT2D eigenvalue weighted by atomic mass is 32.2. The Morgan fingerprint density at radius 3 is 2.24 bits per heavy atom. The summed E-state index contributed by atoms with van der Waals surface area (Å²) in [6.07, 6.45) is 0. The summed E-state index contributed by atoms with van der Waals surface area (Å²) in [7, 11) is -2.05. The number of hydrazone groups is 1. The lowest BCUT2D eigenvalue weighted by Crippen LogP contribution is -2.19. The van der Waals surface area contributed by atoms with Crippen LogP contribution in [0.2, 0.25) is 0 Å². The predicted molar refractivity (Wildman–Crippen MR) is 82.0 cm³/mol. The van der Waals surface area contributed by atoms with Gasteiger partial charge in [0.05, 0.1) is 17.7 Å². The van der Waals surface area contributed by atoms with Crippen molar-refractivity contribution in [3.63, 3.8) is 0 Å². The Labute approximate surface area is 124 Å². The second kappa shape index (κ2) is 6.41. The van der Waals surface area contributed by atoms with Crippen LogP contribution in [0, 0.1) is 0 Å². The predicted octanol–water partition coefficient (Wildman–Crippen LogP) is 2.40. The van der Waals surface area contributed by atoms with Crippen molar-refractivity contribution in [1.82, 2.24) is 4.83 Å². The molecular formula is C15H16N2O3S. The van der Waals surface area contributed by atoms with Crippen LogP contribution in [0.3, 0.4) is 0 Å². The molecule has 0 atom stereocenters. The summed E-state index contributed by atoms with van der Waals surface area (Å²) in [4.78, 5) is 2.41. The molecule has 21 heavy (non-hydrogen) atoms. The SMILES string of the molecule is COc1ccc(/C(C)=N\NS(=O)(=O)c2ccccc2)cc1. The van der Waals surface area contributed by atoms with Gasteiger partial charge in [-0.1, -0.05) is 18.2 Å². The molecule has 0 fully saturated rings. The smallest absolute Gasteiger partial charge is 0.276 e. The van der Waals surface area contributed by atoms with Gasteiger partial charge in [-0.05, 0) is 48.9 Å². The lowest BCUT2D eigenvalue weighted by atomic mass is 10.1. The Kier molecular flexibility index (Phi) is 4.59. The third kappa shape index (κ3) is 3.82. The first-order chi connectivity index (χ1) is 10.0. The first kappa shape index (κ1) is 15.1. The van der Waals surface area contributed by atoms with Crippen molar-refractivity contribution >= 4 is 15.7 Å². The summed E-state index contributed by atoms with van der Waals surface area (Å²) in [6, 6.07) is 15.3. The first-order valence-corrected chi connectivity index (χ1v) is 7.77. The van der Waals surface area contributed by atoms with E-state index >= 15 is 0 Å². The number of sulfonamides is 1. The minimum Gasteiger partial charge on any atom is -0.497 e. The molecule has 2 aromatic rings. The highest BCUT2D eigenvalue weighted by Crippen LogP contribution is 2.12. The molecule has 1 N–H and O–H groups in total. The van der Waals surface area contributed by atoms with Crippen LogP contribution in [0.15, 0.2) is 64.6 Å². The van der Waals surface area contributed by atoms with E-state index in [0.717, 1.165) is 11.3 Å². The van der Waals surface area contributed by atoms with Crippen molar-refractivity contribution in [3.05, 3.63) is 60.2 Å². The Bertz CT molecular complexity index is 723. The van der Waals surface area contributed by atoms with Gasteiger partial charge in [-0.2, -0.15) is 18.4 Å². The number of nitrogens with zero attached hydrogens (tertiary/aromatic N) is 1. The number of nitrogens with one attached hydrogen (secondary N) is 1. The van der Waals surface area contributed by atoms with Crippen LogP contribution in [-0.2, 0) is 10.0 Å². The van der Waals surface area contributed by atoms with Crippen LogP contribution in [0.5, 0.6) is 5.75 Å². The van der Waals surface area contributed by atoms with Crippen molar-refractivity contribution in [2.24, 2.45) is 5.10 Å². The van der Waals surface area contributed by atoms with E-state index in [1.165, 1.54) is 12.1 Å². The molecule has 0 saturated heterocycles. The van der Waals surface area contributed by atoms with Gasteiger partial charge in [0.2, 0.25) is 0 Å². The number of benzene rings is 2. The van der Waals surface area contributed by atoms with Crippen LogP contribution in [0.1, 0.15) is 12.5 Å². The van der Waals surface area contributed by atoms with Crippen LogP contribution in [0.4, 0.5) is 0 Å². The molecule has 110 valence electrons. The number of methoxy groups -OCH3 is 1. The summed E-state index contributed by atoms with van der Waals surface area (Å²) in [6.45, 7) is 1.73. The molecule has 0 radical (unpaired) electrons. The third-order valence-electron chi connectivity index (χ3n) is 2.89. The van der Waals surface area contributed by atoms with Crippen molar-refractivity contribution < 1.29 is 13.2 Å². The number of hydrogen-bond acceptors (Lipinski definition) is 4. The minimum atomic E-state index is -3.64. The van der Waals surface area contributed by atoms with E-state index in [9.17, 15) is 8.42 Å². The molecule has 0 spiro atoms. The number of ether oxygens (including phenoxy) is 1. The van der Waals surface area contributed by atoms with Gasteiger partial charge in [0, 0.05) is 0 Å².